The standard InChI is InChI=1S/C14H8F6N2O2/c15-13(16,17)8-3-7(4-9(5-8)14(18,19)20)12(24)22-10-6-21-2-1-11(10)23/h1-6H,(H,21,23)(H,22,24). The van der Waals surface area contributed by atoms with Crippen molar-refractivity contribution in [2.75, 3.05) is 5.32 Å². The van der Waals surface area contributed by atoms with Gasteiger partial charge in [0.05, 0.1) is 11.1 Å². The number of H-pyrrole nitrogens is 1. The van der Waals surface area contributed by atoms with Crippen molar-refractivity contribution in [2.24, 2.45) is 0 Å². The van der Waals surface area contributed by atoms with Crippen molar-refractivity contribution < 1.29 is 31.1 Å². The third-order valence-electron chi connectivity index (χ3n) is 2.92. The van der Waals surface area contributed by atoms with Crippen LogP contribution in [-0.4, -0.2) is 10.9 Å². The number of aromatic nitrogens is 1. The molecule has 4 nitrogen and oxygen atoms in total. The highest BCUT2D eigenvalue weighted by molar-refractivity contribution is 6.04. The molecule has 0 radical (unpaired) electrons. The molecular weight excluding hydrogens is 342 g/mol. The number of hydrogen-bond acceptors (Lipinski definition) is 2. The second-order valence-electron chi connectivity index (χ2n) is 4.67. The van der Waals surface area contributed by atoms with Crippen LogP contribution in [0.4, 0.5) is 32.0 Å². The fourth-order valence-electron chi connectivity index (χ4n) is 1.79. The van der Waals surface area contributed by atoms with Crippen molar-refractivity contribution in [3.8, 4) is 0 Å². The molecule has 0 saturated carbocycles. The van der Waals surface area contributed by atoms with Gasteiger partial charge in [-0.05, 0) is 18.2 Å². The van der Waals surface area contributed by atoms with Gasteiger partial charge < -0.3 is 10.3 Å². The molecule has 1 amide bonds. The third-order valence-corrected chi connectivity index (χ3v) is 2.92. The van der Waals surface area contributed by atoms with Crippen LogP contribution in [0.5, 0.6) is 0 Å². The quantitative estimate of drug-likeness (QED) is 0.812. The Hall–Kier alpha value is -2.78. The summed E-state index contributed by atoms with van der Waals surface area (Å²) in [7, 11) is 0. The first-order chi connectivity index (χ1) is 11.0. The van der Waals surface area contributed by atoms with E-state index in [0.29, 0.717) is 0 Å². The number of rotatable bonds is 2. The van der Waals surface area contributed by atoms with Crippen molar-refractivity contribution in [3.63, 3.8) is 0 Å². The van der Waals surface area contributed by atoms with E-state index in [0.717, 1.165) is 12.3 Å². The minimum Gasteiger partial charge on any atom is -0.366 e. The predicted molar refractivity (Wildman–Crippen MR) is 71.5 cm³/mol. The molecule has 2 rings (SSSR count). The number of alkyl halides is 6. The van der Waals surface area contributed by atoms with Gasteiger partial charge in [-0.3, -0.25) is 9.59 Å². The first-order valence-electron chi connectivity index (χ1n) is 6.26. The molecule has 1 aromatic carbocycles. The van der Waals surface area contributed by atoms with Crippen LogP contribution in [0.2, 0.25) is 0 Å². The number of halogens is 6. The second-order valence-corrected chi connectivity index (χ2v) is 4.67. The van der Waals surface area contributed by atoms with Crippen LogP contribution in [0.25, 0.3) is 0 Å². The summed E-state index contributed by atoms with van der Waals surface area (Å²) in [4.78, 5) is 25.8. The molecule has 0 spiro atoms. The zero-order chi connectivity index (χ0) is 18.1. The van der Waals surface area contributed by atoms with Crippen molar-refractivity contribution in [2.45, 2.75) is 12.4 Å². The number of nitrogens with one attached hydrogen (secondary N) is 2. The maximum Gasteiger partial charge on any atom is 0.416 e. The molecule has 0 unspecified atom stereocenters. The lowest BCUT2D eigenvalue weighted by Gasteiger charge is -2.14. The molecule has 0 saturated heterocycles. The Balaban J connectivity index is 2.47. The average molecular weight is 350 g/mol. The number of carbonyl (C=O) groups excluding carboxylic acids is 1. The van der Waals surface area contributed by atoms with E-state index in [1.165, 1.54) is 6.20 Å². The van der Waals surface area contributed by atoms with Crippen LogP contribution in [0, 0.1) is 0 Å². The molecule has 24 heavy (non-hydrogen) atoms. The Kier molecular flexibility index (Phi) is 4.41. The van der Waals surface area contributed by atoms with Crippen LogP contribution >= 0.6 is 0 Å². The Labute approximate surface area is 130 Å². The SMILES string of the molecule is O=C(Nc1c[nH]ccc1=O)c1cc(C(F)(F)F)cc(C(F)(F)F)c1. The van der Waals surface area contributed by atoms with Gasteiger partial charge in [-0.1, -0.05) is 0 Å². The van der Waals surface area contributed by atoms with Gasteiger partial charge in [-0.15, -0.1) is 0 Å². The lowest BCUT2D eigenvalue weighted by atomic mass is 10.0. The molecule has 1 aromatic heterocycles. The van der Waals surface area contributed by atoms with E-state index in [4.69, 9.17) is 0 Å². The van der Waals surface area contributed by atoms with E-state index in [-0.39, 0.29) is 23.9 Å². The summed E-state index contributed by atoms with van der Waals surface area (Å²) in [6, 6.07) is 1.50. The van der Waals surface area contributed by atoms with Crippen LogP contribution < -0.4 is 10.7 Å². The zero-order valence-electron chi connectivity index (χ0n) is 11.5. The van der Waals surface area contributed by atoms with Gasteiger partial charge in [-0.25, -0.2) is 0 Å². The number of anilines is 1. The van der Waals surface area contributed by atoms with Gasteiger partial charge in [0.1, 0.15) is 5.69 Å². The Morgan fingerprint density at radius 1 is 0.958 bits per heavy atom. The van der Waals surface area contributed by atoms with E-state index in [2.05, 4.69) is 4.98 Å². The van der Waals surface area contributed by atoms with E-state index >= 15 is 0 Å². The Morgan fingerprint density at radius 3 is 1.96 bits per heavy atom. The van der Waals surface area contributed by atoms with E-state index in [1.54, 1.807) is 0 Å². The highest BCUT2D eigenvalue weighted by Gasteiger charge is 2.37. The van der Waals surface area contributed by atoms with E-state index in [1.807, 2.05) is 5.32 Å². The molecule has 0 aliphatic carbocycles. The topological polar surface area (TPSA) is 62.0 Å². The molecule has 0 bridgehead atoms. The number of aromatic amines is 1. The third kappa shape index (κ3) is 3.94. The minimum absolute atomic E-state index is 0.0912. The number of hydrogen-bond donors (Lipinski definition) is 2. The van der Waals surface area contributed by atoms with Gasteiger partial charge in [0.25, 0.3) is 5.91 Å². The summed E-state index contributed by atoms with van der Waals surface area (Å²) in [5.41, 5.74) is -5.09. The first kappa shape index (κ1) is 17.6. The molecular formula is C14H8F6N2O2. The fourth-order valence-corrected chi connectivity index (χ4v) is 1.79. The molecule has 128 valence electrons. The van der Waals surface area contributed by atoms with Crippen molar-refractivity contribution >= 4 is 11.6 Å². The monoisotopic (exact) mass is 350 g/mol. The normalized spacial score (nSPS) is 12.1. The molecule has 10 heteroatoms. The molecule has 2 N–H and O–H groups in total. The summed E-state index contributed by atoms with van der Waals surface area (Å²) in [5.74, 6) is -1.27. The van der Waals surface area contributed by atoms with Crippen LogP contribution in [0.3, 0.4) is 0 Å². The molecule has 0 aliphatic rings. The van der Waals surface area contributed by atoms with Crippen molar-refractivity contribution in [1.29, 1.82) is 0 Å². The Bertz CT molecular complexity index is 791. The van der Waals surface area contributed by atoms with Gasteiger partial charge >= 0.3 is 12.4 Å². The number of carbonyl (C=O) groups is 1. The molecule has 0 aliphatic heterocycles. The number of amides is 1. The lowest BCUT2D eigenvalue weighted by molar-refractivity contribution is -0.143. The van der Waals surface area contributed by atoms with Crippen molar-refractivity contribution in [3.05, 3.63) is 63.6 Å². The van der Waals surface area contributed by atoms with Crippen LogP contribution in [0.15, 0.2) is 41.5 Å². The van der Waals surface area contributed by atoms with Crippen LogP contribution in [0.1, 0.15) is 21.5 Å². The molecule has 2 aromatic rings. The smallest absolute Gasteiger partial charge is 0.366 e. The highest BCUT2D eigenvalue weighted by Crippen LogP contribution is 2.36. The zero-order valence-corrected chi connectivity index (χ0v) is 11.5. The minimum atomic E-state index is -5.07. The maximum absolute atomic E-state index is 12.7. The summed E-state index contributed by atoms with van der Waals surface area (Å²) in [6.45, 7) is 0. The van der Waals surface area contributed by atoms with E-state index in [9.17, 15) is 35.9 Å². The van der Waals surface area contributed by atoms with Crippen molar-refractivity contribution in [1.82, 2.24) is 4.98 Å². The molecule has 0 fully saturated rings. The highest BCUT2D eigenvalue weighted by atomic mass is 19.4. The summed E-state index contributed by atoms with van der Waals surface area (Å²) in [6.07, 6.45) is -7.84. The summed E-state index contributed by atoms with van der Waals surface area (Å²) < 4.78 is 76.4. The number of pyridine rings is 1. The lowest BCUT2D eigenvalue weighted by Crippen LogP contribution is -2.20. The largest absolute Gasteiger partial charge is 0.416 e. The fraction of sp³-hybridized carbons (Fsp3) is 0.143. The first-order valence-corrected chi connectivity index (χ1v) is 6.26. The van der Waals surface area contributed by atoms with Gasteiger partial charge in [-0.2, -0.15) is 26.3 Å². The Morgan fingerprint density at radius 2 is 1.50 bits per heavy atom. The van der Waals surface area contributed by atoms with Gasteiger partial charge in [0.15, 0.2) is 0 Å². The van der Waals surface area contributed by atoms with Gasteiger partial charge in [0, 0.05) is 24.0 Å². The molecule has 0 atom stereocenters. The maximum atomic E-state index is 12.7. The summed E-state index contributed by atoms with van der Waals surface area (Å²) >= 11 is 0. The molecule has 1 heterocycles. The van der Waals surface area contributed by atoms with Crippen LogP contribution in [-0.2, 0) is 12.4 Å². The van der Waals surface area contributed by atoms with Gasteiger partial charge in [0.2, 0.25) is 5.43 Å². The van der Waals surface area contributed by atoms with E-state index < -0.39 is 40.4 Å². The second kappa shape index (κ2) is 6.02. The summed E-state index contributed by atoms with van der Waals surface area (Å²) in [5, 5.41) is 1.97. The predicted octanol–water partition coefficient (Wildman–Crippen LogP) is 3.66. The number of benzene rings is 1. The average Bonchev–Trinajstić information content (AvgIpc) is 2.47.